The third kappa shape index (κ3) is 1.78. The lowest BCUT2D eigenvalue weighted by atomic mass is 10.0. The summed E-state index contributed by atoms with van der Waals surface area (Å²) >= 11 is 0. The Morgan fingerprint density at radius 3 is 2.78 bits per heavy atom. The Labute approximate surface area is 106 Å². The van der Waals surface area contributed by atoms with Crippen molar-refractivity contribution in [1.29, 1.82) is 0 Å². The molecule has 3 nitrogen and oxygen atoms in total. The van der Waals surface area contributed by atoms with Crippen LogP contribution < -0.4 is 9.47 Å². The Balaban J connectivity index is 1.88. The van der Waals surface area contributed by atoms with Crippen LogP contribution in [0.3, 0.4) is 0 Å². The third-order valence-corrected chi connectivity index (χ3v) is 3.22. The average molecular weight is 242 g/mol. The molecule has 2 aromatic rings. The minimum atomic E-state index is -0.0285. The van der Waals surface area contributed by atoms with Gasteiger partial charge < -0.3 is 14.6 Å². The second kappa shape index (κ2) is 4.26. The van der Waals surface area contributed by atoms with Gasteiger partial charge in [0.1, 0.15) is 11.9 Å². The molecular formula is C15H14O3. The topological polar surface area (TPSA) is 38.7 Å². The first-order valence-corrected chi connectivity index (χ1v) is 5.89. The van der Waals surface area contributed by atoms with Gasteiger partial charge in [0.15, 0.2) is 11.5 Å². The molecule has 0 saturated heterocycles. The Hall–Kier alpha value is -2.16. The molecule has 0 radical (unpaired) electrons. The van der Waals surface area contributed by atoms with Gasteiger partial charge >= 0.3 is 0 Å². The molecule has 1 heterocycles. The van der Waals surface area contributed by atoms with E-state index in [-0.39, 0.29) is 11.9 Å². The van der Waals surface area contributed by atoms with Gasteiger partial charge in [-0.1, -0.05) is 24.3 Å². The van der Waals surface area contributed by atoms with Crippen LogP contribution >= 0.6 is 0 Å². The normalized spacial score (nSPS) is 17.1. The van der Waals surface area contributed by atoms with Crippen molar-refractivity contribution in [2.24, 2.45) is 0 Å². The van der Waals surface area contributed by atoms with Crippen molar-refractivity contribution in [3.8, 4) is 17.2 Å². The van der Waals surface area contributed by atoms with Crippen molar-refractivity contribution in [2.45, 2.75) is 12.5 Å². The molecule has 0 saturated carbocycles. The molecule has 0 aromatic heterocycles. The van der Waals surface area contributed by atoms with Crippen LogP contribution in [0.1, 0.15) is 17.2 Å². The zero-order valence-electron chi connectivity index (χ0n) is 10.1. The van der Waals surface area contributed by atoms with Crippen LogP contribution in [-0.2, 0) is 6.42 Å². The number of methoxy groups -OCH3 is 1. The molecule has 0 bridgehead atoms. The quantitative estimate of drug-likeness (QED) is 0.879. The lowest BCUT2D eigenvalue weighted by Gasteiger charge is -2.12. The minimum Gasteiger partial charge on any atom is -0.504 e. The van der Waals surface area contributed by atoms with E-state index in [4.69, 9.17) is 9.47 Å². The SMILES string of the molecule is COc1ccc(C2Cc3ccccc3O2)cc1O. The highest BCUT2D eigenvalue weighted by Crippen LogP contribution is 2.38. The second-order valence-electron chi connectivity index (χ2n) is 4.35. The van der Waals surface area contributed by atoms with E-state index < -0.39 is 0 Å². The van der Waals surface area contributed by atoms with Gasteiger partial charge in [-0.05, 0) is 29.3 Å². The van der Waals surface area contributed by atoms with E-state index in [0.717, 1.165) is 17.7 Å². The highest BCUT2D eigenvalue weighted by molar-refractivity contribution is 5.45. The number of hydrogen-bond donors (Lipinski definition) is 1. The Kier molecular flexibility index (Phi) is 2.59. The van der Waals surface area contributed by atoms with Crippen molar-refractivity contribution in [3.63, 3.8) is 0 Å². The predicted octanol–water partition coefficient (Wildman–Crippen LogP) is 3.08. The predicted molar refractivity (Wildman–Crippen MR) is 68.2 cm³/mol. The molecule has 1 aliphatic rings. The number of fused-ring (bicyclic) bond motifs is 1. The summed E-state index contributed by atoms with van der Waals surface area (Å²) in [4.78, 5) is 0. The fourth-order valence-electron chi connectivity index (χ4n) is 2.28. The van der Waals surface area contributed by atoms with Crippen LogP contribution in [0.4, 0.5) is 0 Å². The zero-order valence-corrected chi connectivity index (χ0v) is 10.1. The Morgan fingerprint density at radius 1 is 1.22 bits per heavy atom. The molecule has 3 heteroatoms. The summed E-state index contributed by atoms with van der Waals surface area (Å²) in [6, 6.07) is 13.4. The smallest absolute Gasteiger partial charge is 0.160 e. The summed E-state index contributed by atoms with van der Waals surface area (Å²) in [5, 5.41) is 9.79. The number of aromatic hydroxyl groups is 1. The highest BCUT2D eigenvalue weighted by Gasteiger charge is 2.24. The molecule has 0 spiro atoms. The molecule has 18 heavy (non-hydrogen) atoms. The summed E-state index contributed by atoms with van der Waals surface area (Å²) in [5.41, 5.74) is 2.17. The van der Waals surface area contributed by atoms with Crippen molar-refractivity contribution in [2.75, 3.05) is 7.11 Å². The van der Waals surface area contributed by atoms with E-state index in [1.165, 1.54) is 12.7 Å². The molecule has 0 amide bonds. The number of rotatable bonds is 2. The van der Waals surface area contributed by atoms with E-state index in [9.17, 15) is 5.11 Å². The molecule has 1 N–H and O–H groups in total. The number of ether oxygens (including phenoxy) is 2. The van der Waals surface area contributed by atoms with Gasteiger partial charge in [-0.25, -0.2) is 0 Å². The highest BCUT2D eigenvalue weighted by atomic mass is 16.5. The molecule has 1 atom stereocenters. The van der Waals surface area contributed by atoms with E-state index in [1.807, 2.05) is 24.3 Å². The summed E-state index contributed by atoms with van der Waals surface area (Å²) in [7, 11) is 1.54. The number of benzene rings is 2. The molecule has 3 rings (SSSR count). The van der Waals surface area contributed by atoms with Crippen LogP contribution in [0.5, 0.6) is 17.2 Å². The molecular weight excluding hydrogens is 228 g/mol. The van der Waals surface area contributed by atoms with Crippen LogP contribution in [-0.4, -0.2) is 12.2 Å². The first kappa shape index (κ1) is 11.0. The second-order valence-corrected chi connectivity index (χ2v) is 4.35. The van der Waals surface area contributed by atoms with Gasteiger partial charge in [0, 0.05) is 6.42 Å². The fourth-order valence-corrected chi connectivity index (χ4v) is 2.28. The monoisotopic (exact) mass is 242 g/mol. The lowest BCUT2D eigenvalue weighted by molar-refractivity contribution is 0.238. The molecule has 0 fully saturated rings. The van der Waals surface area contributed by atoms with Gasteiger partial charge in [0.05, 0.1) is 7.11 Å². The number of phenols is 1. The standard InChI is InChI=1S/C15H14O3/c1-17-14-7-6-11(8-12(14)16)15-9-10-4-2-3-5-13(10)18-15/h2-8,15-16H,9H2,1H3. The first-order chi connectivity index (χ1) is 8.78. The van der Waals surface area contributed by atoms with Gasteiger partial charge in [-0.3, -0.25) is 0 Å². The maximum Gasteiger partial charge on any atom is 0.160 e. The van der Waals surface area contributed by atoms with Crippen LogP contribution in [0.2, 0.25) is 0 Å². The molecule has 2 aromatic carbocycles. The third-order valence-electron chi connectivity index (χ3n) is 3.22. The minimum absolute atomic E-state index is 0.0285. The summed E-state index contributed by atoms with van der Waals surface area (Å²) in [6.45, 7) is 0. The van der Waals surface area contributed by atoms with Gasteiger partial charge in [0.25, 0.3) is 0 Å². The summed E-state index contributed by atoms with van der Waals surface area (Å²) in [6.07, 6.45) is 0.807. The first-order valence-electron chi connectivity index (χ1n) is 5.89. The van der Waals surface area contributed by atoms with Gasteiger partial charge in [-0.15, -0.1) is 0 Å². The van der Waals surface area contributed by atoms with Crippen LogP contribution in [0.15, 0.2) is 42.5 Å². The fraction of sp³-hybridized carbons (Fsp3) is 0.200. The Morgan fingerprint density at radius 2 is 2.06 bits per heavy atom. The maximum absolute atomic E-state index is 9.79. The number of hydrogen-bond acceptors (Lipinski definition) is 3. The summed E-state index contributed by atoms with van der Waals surface area (Å²) in [5.74, 6) is 1.56. The van der Waals surface area contributed by atoms with E-state index >= 15 is 0 Å². The van der Waals surface area contributed by atoms with Crippen molar-refractivity contribution in [1.82, 2.24) is 0 Å². The molecule has 1 aliphatic heterocycles. The van der Waals surface area contributed by atoms with Gasteiger partial charge in [-0.2, -0.15) is 0 Å². The lowest BCUT2D eigenvalue weighted by Crippen LogP contribution is -2.03. The van der Waals surface area contributed by atoms with E-state index in [2.05, 4.69) is 6.07 Å². The van der Waals surface area contributed by atoms with Crippen molar-refractivity contribution < 1.29 is 14.6 Å². The zero-order chi connectivity index (χ0) is 12.5. The average Bonchev–Trinajstić information content (AvgIpc) is 2.82. The molecule has 0 aliphatic carbocycles. The number of para-hydroxylation sites is 1. The van der Waals surface area contributed by atoms with Gasteiger partial charge in [0.2, 0.25) is 0 Å². The van der Waals surface area contributed by atoms with Crippen molar-refractivity contribution in [3.05, 3.63) is 53.6 Å². The van der Waals surface area contributed by atoms with Crippen molar-refractivity contribution >= 4 is 0 Å². The molecule has 92 valence electrons. The van der Waals surface area contributed by atoms with Crippen LogP contribution in [0, 0.1) is 0 Å². The van der Waals surface area contributed by atoms with Crippen LogP contribution in [0.25, 0.3) is 0 Å². The maximum atomic E-state index is 9.79. The van der Waals surface area contributed by atoms with E-state index in [1.54, 1.807) is 12.1 Å². The number of phenolic OH excluding ortho intramolecular Hbond substituents is 1. The Bertz CT molecular complexity index is 553. The van der Waals surface area contributed by atoms with E-state index in [0.29, 0.717) is 5.75 Å². The molecule has 1 unspecified atom stereocenters. The largest absolute Gasteiger partial charge is 0.504 e. The summed E-state index contributed by atoms with van der Waals surface area (Å²) < 4.78 is 10.9.